The van der Waals surface area contributed by atoms with Gasteiger partial charge in [-0.3, -0.25) is 24.8 Å². The third kappa shape index (κ3) is 4.78. The van der Waals surface area contributed by atoms with Crippen molar-refractivity contribution in [2.45, 2.75) is 6.42 Å². The lowest BCUT2D eigenvalue weighted by Crippen LogP contribution is -2.14. The van der Waals surface area contributed by atoms with E-state index < -0.39 is 0 Å². The first-order chi connectivity index (χ1) is 20.1. The molecule has 10 heteroatoms. The van der Waals surface area contributed by atoms with Crippen LogP contribution in [0.15, 0.2) is 97.6 Å². The number of nitrogens with one attached hydrogen (secondary N) is 3. The van der Waals surface area contributed by atoms with Gasteiger partial charge in [0.2, 0.25) is 5.91 Å². The number of hydrogen-bond donors (Lipinski definition) is 3. The van der Waals surface area contributed by atoms with E-state index in [0.717, 1.165) is 33.1 Å². The Labute approximate surface area is 232 Å². The van der Waals surface area contributed by atoms with E-state index in [4.69, 9.17) is 4.98 Å². The number of amides is 1. The molecule has 198 valence electrons. The van der Waals surface area contributed by atoms with Crippen molar-refractivity contribution in [1.82, 2.24) is 35.1 Å². The van der Waals surface area contributed by atoms with E-state index in [1.165, 1.54) is 12.1 Å². The topological polar surface area (TPSA) is 125 Å². The molecule has 7 aromatic rings. The Morgan fingerprint density at radius 2 is 1.71 bits per heavy atom. The number of H-pyrrole nitrogens is 2. The van der Waals surface area contributed by atoms with E-state index >= 15 is 0 Å². The van der Waals surface area contributed by atoms with Crippen molar-refractivity contribution in [2.24, 2.45) is 0 Å². The van der Waals surface area contributed by atoms with Gasteiger partial charge >= 0.3 is 0 Å². The van der Waals surface area contributed by atoms with Crippen LogP contribution in [-0.2, 0) is 11.2 Å². The van der Waals surface area contributed by atoms with Gasteiger partial charge in [-0.2, -0.15) is 5.10 Å². The molecule has 0 fully saturated rings. The minimum atomic E-state index is -0.314. The van der Waals surface area contributed by atoms with Crippen molar-refractivity contribution in [3.8, 4) is 34.0 Å². The van der Waals surface area contributed by atoms with Crippen LogP contribution in [0.25, 0.3) is 56.0 Å². The molecule has 0 saturated heterocycles. The van der Waals surface area contributed by atoms with Gasteiger partial charge in [0, 0.05) is 28.9 Å². The minimum Gasteiger partial charge on any atom is -0.336 e. The predicted molar refractivity (Wildman–Crippen MR) is 154 cm³/mol. The number of fused-ring (bicyclic) bond motifs is 2. The van der Waals surface area contributed by atoms with Crippen molar-refractivity contribution >= 4 is 33.5 Å². The zero-order valence-corrected chi connectivity index (χ0v) is 21.5. The number of halogens is 1. The van der Waals surface area contributed by atoms with Gasteiger partial charge in [-0.05, 0) is 48.0 Å². The Balaban J connectivity index is 1.21. The monoisotopic (exact) mass is 540 g/mol. The van der Waals surface area contributed by atoms with Crippen LogP contribution in [0, 0.1) is 5.82 Å². The highest BCUT2D eigenvalue weighted by molar-refractivity contribution is 5.97. The maximum absolute atomic E-state index is 13.5. The highest BCUT2D eigenvalue weighted by Gasteiger charge is 2.17. The molecule has 0 saturated carbocycles. The molecule has 0 radical (unpaired) electrons. The number of pyridine rings is 3. The highest BCUT2D eigenvalue weighted by Crippen LogP contribution is 2.32. The van der Waals surface area contributed by atoms with Gasteiger partial charge in [0.25, 0.3) is 0 Å². The Hall–Kier alpha value is -5.77. The number of aromatic nitrogens is 7. The molecule has 0 bridgehead atoms. The summed E-state index contributed by atoms with van der Waals surface area (Å²) in [5, 5.41) is 11.3. The van der Waals surface area contributed by atoms with Crippen LogP contribution in [0.2, 0.25) is 0 Å². The summed E-state index contributed by atoms with van der Waals surface area (Å²) < 4.78 is 13.5. The quantitative estimate of drug-likeness (QED) is 0.240. The standard InChI is InChI=1S/C31H21FN8O/c32-21-8-6-19(7-9-21)28-30-24(10-11-34-28)37-31(38-30)29-23-14-25(35-17-26(23)39-40-29)20-13-22(16-33-15-20)36-27(41)12-18-4-2-1-3-5-18/h1-11,13-17H,12H2,(H,36,41)(H,37,38)(H,39,40). The van der Waals surface area contributed by atoms with Crippen molar-refractivity contribution < 1.29 is 9.18 Å². The summed E-state index contributed by atoms with van der Waals surface area (Å²) in [5.74, 6) is 0.112. The summed E-state index contributed by atoms with van der Waals surface area (Å²) >= 11 is 0. The zero-order valence-electron chi connectivity index (χ0n) is 21.5. The van der Waals surface area contributed by atoms with E-state index in [-0.39, 0.29) is 18.1 Å². The van der Waals surface area contributed by atoms with Crippen molar-refractivity contribution in [1.29, 1.82) is 0 Å². The van der Waals surface area contributed by atoms with Crippen LogP contribution in [-0.4, -0.2) is 41.0 Å². The molecule has 0 spiro atoms. The summed E-state index contributed by atoms with van der Waals surface area (Å²) in [4.78, 5) is 34.1. The first kappa shape index (κ1) is 24.3. The molecule has 9 nitrogen and oxygen atoms in total. The number of carbonyl (C=O) groups excluding carboxylic acids is 1. The first-order valence-electron chi connectivity index (χ1n) is 12.8. The molecule has 0 aliphatic heterocycles. The van der Waals surface area contributed by atoms with Crippen molar-refractivity contribution in [3.05, 3.63) is 109 Å². The van der Waals surface area contributed by atoms with Gasteiger partial charge in [0.1, 0.15) is 17.0 Å². The van der Waals surface area contributed by atoms with E-state index in [1.807, 2.05) is 48.5 Å². The summed E-state index contributed by atoms with van der Waals surface area (Å²) in [6.45, 7) is 0. The number of carbonyl (C=O) groups is 1. The Morgan fingerprint density at radius 3 is 2.56 bits per heavy atom. The second kappa shape index (κ2) is 10.1. The van der Waals surface area contributed by atoms with Gasteiger partial charge in [-0.25, -0.2) is 9.37 Å². The second-order valence-corrected chi connectivity index (χ2v) is 9.51. The number of aromatic amines is 2. The largest absolute Gasteiger partial charge is 0.336 e. The molecule has 0 aliphatic rings. The van der Waals surface area contributed by atoms with Crippen LogP contribution in [0.5, 0.6) is 0 Å². The molecule has 5 aromatic heterocycles. The molecular weight excluding hydrogens is 519 g/mol. The van der Waals surface area contributed by atoms with Crippen molar-refractivity contribution in [3.63, 3.8) is 0 Å². The number of nitrogens with zero attached hydrogens (tertiary/aromatic N) is 5. The Bertz CT molecular complexity index is 2030. The van der Waals surface area contributed by atoms with Crippen LogP contribution in [0.4, 0.5) is 10.1 Å². The SMILES string of the molecule is O=C(Cc1ccccc1)Nc1cncc(-c2cc3c(-c4nc5c(-c6ccc(F)cc6)nccc5[nH]4)n[nH]c3cn2)c1. The molecule has 0 atom stereocenters. The fraction of sp³-hybridized carbons (Fsp3) is 0.0323. The molecule has 7 rings (SSSR count). The highest BCUT2D eigenvalue weighted by atomic mass is 19.1. The number of imidazole rings is 1. The summed E-state index contributed by atoms with van der Waals surface area (Å²) in [6.07, 6.45) is 6.96. The third-order valence-corrected chi connectivity index (χ3v) is 6.72. The number of benzene rings is 2. The number of anilines is 1. The Morgan fingerprint density at radius 1 is 0.854 bits per heavy atom. The summed E-state index contributed by atoms with van der Waals surface area (Å²) in [7, 11) is 0. The average molecular weight is 541 g/mol. The van der Waals surface area contributed by atoms with Crippen LogP contribution >= 0.6 is 0 Å². The van der Waals surface area contributed by atoms with Crippen LogP contribution < -0.4 is 5.32 Å². The fourth-order valence-electron chi connectivity index (χ4n) is 4.76. The van der Waals surface area contributed by atoms with Crippen molar-refractivity contribution in [2.75, 3.05) is 5.32 Å². The lowest BCUT2D eigenvalue weighted by molar-refractivity contribution is -0.115. The Kier molecular flexibility index (Phi) is 5.97. The zero-order chi connectivity index (χ0) is 27.8. The number of hydrogen-bond acceptors (Lipinski definition) is 6. The van der Waals surface area contributed by atoms with Gasteiger partial charge in [0.15, 0.2) is 5.82 Å². The molecule has 0 unspecified atom stereocenters. The molecule has 3 N–H and O–H groups in total. The van der Waals surface area contributed by atoms with E-state index in [0.29, 0.717) is 34.1 Å². The summed E-state index contributed by atoms with van der Waals surface area (Å²) in [6, 6.07) is 21.3. The lowest BCUT2D eigenvalue weighted by Gasteiger charge is -2.07. The molecule has 5 heterocycles. The van der Waals surface area contributed by atoms with Crippen LogP contribution in [0.3, 0.4) is 0 Å². The molecular formula is C31H21FN8O. The fourth-order valence-corrected chi connectivity index (χ4v) is 4.76. The molecule has 41 heavy (non-hydrogen) atoms. The summed E-state index contributed by atoms with van der Waals surface area (Å²) in [5.41, 5.74) is 7.11. The smallest absolute Gasteiger partial charge is 0.228 e. The van der Waals surface area contributed by atoms with Gasteiger partial charge in [0.05, 0.1) is 46.9 Å². The predicted octanol–water partition coefficient (Wildman–Crippen LogP) is 5.95. The maximum atomic E-state index is 13.5. The molecule has 2 aromatic carbocycles. The third-order valence-electron chi connectivity index (χ3n) is 6.72. The number of rotatable bonds is 6. The normalized spacial score (nSPS) is 11.2. The molecule has 1 amide bonds. The first-order valence-corrected chi connectivity index (χ1v) is 12.8. The molecule has 0 aliphatic carbocycles. The van der Waals surface area contributed by atoms with Gasteiger partial charge < -0.3 is 10.3 Å². The van der Waals surface area contributed by atoms with E-state index in [9.17, 15) is 9.18 Å². The second-order valence-electron chi connectivity index (χ2n) is 9.51. The minimum absolute atomic E-state index is 0.130. The van der Waals surface area contributed by atoms with Gasteiger partial charge in [-0.1, -0.05) is 30.3 Å². The lowest BCUT2D eigenvalue weighted by atomic mass is 10.1. The van der Waals surface area contributed by atoms with E-state index in [1.54, 1.807) is 36.9 Å². The average Bonchev–Trinajstić information content (AvgIpc) is 3.62. The van der Waals surface area contributed by atoms with E-state index in [2.05, 4.69) is 35.5 Å². The maximum Gasteiger partial charge on any atom is 0.228 e. The van der Waals surface area contributed by atoms with Crippen LogP contribution in [0.1, 0.15) is 5.56 Å². The van der Waals surface area contributed by atoms with Gasteiger partial charge in [-0.15, -0.1) is 0 Å².